The number of methoxy groups -OCH3 is 1. The second-order valence-corrected chi connectivity index (χ2v) is 9.69. The summed E-state index contributed by atoms with van der Waals surface area (Å²) in [5, 5.41) is 3.36. The van der Waals surface area contributed by atoms with E-state index in [9.17, 15) is 4.79 Å². The summed E-state index contributed by atoms with van der Waals surface area (Å²) in [7, 11) is 1.61. The van der Waals surface area contributed by atoms with Gasteiger partial charge in [0.2, 0.25) is 0 Å². The molecule has 0 saturated heterocycles. The molecule has 0 unspecified atom stereocenters. The Morgan fingerprint density at radius 2 is 1.77 bits per heavy atom. The van der Waals surface area contributed by atoms with Crippen molar-refractivity contribution in [2.75, 3.05) is 12.4 Å². The number of benzene rings is 2. The molecule has 1 amide bonds. The van der Waals surface area contributed by atoms with Crippen molar-refractivity contribution < 1.29 is 9.53 Å². The Kier molecular flexibility index (Phi) is 6.93. The van der Waals surface area contributed by atoms with Crippen LogP contribution in [0.25, 0.3) is 11.0 Å². The molecule has 1 atom stereocenters. The second-order valence-electron chi connectivity index (χ2n) is 8.88. The van der Waals surface area contributed by atoms with Crippen molar-refractivity contribution in [2.24, 2.45) is 5.92 Å². The molecule has 1 fully saturated rings. The predicted octanol–water partition coefficient (Wildman–Crippen LogP) is 7.24. The fourth-order valence-electron chi connectivity index (χ4n) is 5.08. The molecule has 8 heteroatoms. The predicted molar refractivity (Wildman–Crippen MR) is 140 cm³/mol. The highest BCUT2D eigenvalue weighted by Crippen LogP contribution is 2.41. The van der Waals surface area contributed by atoms with E-state index in [1.54, 1.807) is 19.2 Å². The molecular formula is C27H26Cl2N4O2. The minimum Gasteiger partial charge on any atom is -0.494 e. The molecule has 1 aliphatic carbocycles. The van der Waals surface area contributed by atoms with Gasteiger partial charge in [0.25, 0.3) is 5.91 Å². The van der Waals surface area contributed by atoms with Crippen LogP contribution in [0, 0.1) is 5.92 Å². The number of aromatic nitrogens is 3. The van der Waals surface area contributed by atoms with Gasteiger partial charge in [-0.15, -0.1) is 0 Å². The van der Waals surface area contributed by atoms with E-state index in [2.05, 4.69) is 39.6 Å². The normalized spacial score (nSPS) is 15.2. The van der Waals surface area contributed by atoms with Crippen LogP contribution in [0.1, 0.15) is 59.8 Å². The number of fused-ring (bicyclic) bond motifs is 1. The molecule has 5 rings (SSSR count). The molecule has 0 bridgehead atoms. The Hall–Kier alpha value is -3.09. The van der Waals surface area contributed by atoms with E-state index in [0.717, 1.165) is 18.7 Å². The molecule has 4 aromatic rings. The summed E-state index contributed by atoms with van der Waals surface area (Å²) in [4.78, 5) is 25.8. The summed E-state index contributed by atoms with van der Waals surface area (Å²) in [6.45, 7) is 0. The highest BCUT2D eigenvalue weighted by atomic mass is 35.5. The van der Waals surface area contributed by atoms with Crippen molar-refractivity contribution >= 4 is 45.8 Å². The molecule has 0 radical (unpaired) electrons. The van der Waals surface area contributed by atoms with E-state index in [4.69, 9.17) is 32.9 Å². The van der Waals surface area contributed by atoms with Gasteiger partial charge < -0.3 is 15.0 Å². The van der Waals surface area contributed by atoms with Crippen LogP contribution in [0.5, 0.6) is 5.75 Å². The molecule has 0 aliphatic heterocycles. The number of nitrogens with zero attached hydrogens (tertiary/aromatic N) is 2. The first-order valence-electron chi connectivity index (χ1n) is 11.8. The van der Waals surface area contributed by atoms with Crippen molar-refractivity contribution in [1.29, 1.82) is 0 Å². The third-order valence-electron chi connectivity index (χ3n) is 6.76. The molecule has 0 spiro atoms. The van der Waals surface area contributed by atoms with Crippen molar-refractivity contribution in [3.63, 3.8) is 0 Å². The lowest BCUT2D eigenvalue weighted by molar-refractivity contribution is 0.102. The molecule has 1 aliphatic rings. The number of anilines is 1. The molecule has 6 nitrogen and oxygen atoms in total. The number of pyridine rings is 1. The maximum absolute atomic E-state index is 13.3. The Balaban J connectivity index is 1.60. The van der Waals surface area contributed by atoms with Gasteiger partial charge in [0.15, 0.2) is 0 Å². The number of rotatable bonds is 6. The molecule has 180 valence electrons. The minimum absolute atomic E-state index is 0.105. The number of amides is 1. The summed E-state index contributed by atoms with van der Waals surface area (Å²) >= 11 is 12.4. The van der Waals surface area contributed by atoms with Crippen LogP contribution in [0.4, 0.5) is 5.69 Å². The molecule has 2 aromatic heterocycles. The topological polar surface area (TPSA) is 79.9 Å². The van der Waals surface area contributed by atoms with Gasteiger partial charge in [0, 0.05) is 18.3 Å². The summed E-state index contributed by atoms with van der Waals surface area (Å²) in [6.07, 6.45) is 8.90. The number of carbonyl (C=O) groups is 1. The Bertz CT molecular complexity index is 1330. The minimum atomic E-state index is -0.350. The first kappa shape index (κ1) is 23.6. The summed E-state index contributed by atoms with van der Waals surface area (Å²) < 4.78 is 5.60. The lowest BCUT2D eigenvalue weighted by Gasteiger charge is -2.29. The van der Waals surface area contributed by atoms with E-state index in [-0.39, 0.29) is 21.9 Å². The molecule has 1 saturated carbocycles. The summed E-state index contributed by atoms with van der Waals surface area (Å²) in [5.74, 6) is 1.68. The Labute approximate surface area is 214 Å². The number of aromatic amines is 1. The van der Waals surface area contributed by atoms with Gasteiger partial charge in [0.05, 0.1) is 33.9 Å². The molecular weight excluding hydrogens is 483 g/mol. The number of halogens is 2. The van der Waals surface area contributed by atoms with E-state index in [1.807, 2.05) is 6.07 Å². The highest BCUT2D eigenvalue weighted by molar-refractivity contribution is 6.39. The quantitative estimate of drug-likeness (QED) is 0.287. The lowest BCUT2D eigenvalue weighted by atomic mass is 9.76. The van der Waals surface area contributed by atoms with Gasteiger partial charge >= 0.3 is 0 Å². The third-order valence-corrected chi connectivity index (χ3v) is 7.33. The SMILES string of the molecule is COc1ccc(C(=O)Nc2c(Cl)cncc2Cl)c2[nH]c([C@@H](c3ccccc3)C3CCCCC3)nc12. The fourth-order valence-corrected chi connectivity index (χ4v) is 5.54. The molecule has 2 N–H and O–H groups in total. The van der Waals surface area contributed by atoms with Crippen molar-refractivity contribution in [2.45, 2.75) is 38.0 Å². The third kappa shape index (κ3) is 4.73. The number of imidazole rings is 1. The summed E-state index contributed by atoms with van der Waals surface area (Å²) in [5.41, 5.74) is 3.22. The van der Waals surface area contributed by atoms with Gasteiger partial charge in [-0.1, -0.05) is 72.8 Å². The van der Waals surface area contributed by atoms with Crippen LogP contribution in [-0.2, 0) is 0 Å². The second kappa shape index (κ2) is 10.3. The lowest BCUT2D eigenvalue weighted by Crippen LogP contribution is -2.18. The fraction of sp³-hybridized carbons (Fsp3) is 0.296. The van der Waals surface area contributed by atoms with Crippen LogP contribution in [0.3, 0.4) is 0 Å². The van der Waals surface area contributed by atoms with Gasteiger partial charge in [-0.2, -0.15) is 0 Å². The van der Waals surface area contributed by atoms with Crippen molar-refractivity contribution in [1.82, 2.24) is 15.0 Å². The van der Waals surface area contributed by atoms with Crippen LogP contribution < -0.4 is 10.1 Å². The summed E-state index contributed by atoms with van der Waals surface area (Å²) in [6, 6.07) is 14.0. The zero-order valence-corrected chi connectivity index (χ0v) is 20.9. The molecule has 2 heterocycles. The van der Waals surface area contributed by atoms with Gasteiger partial charge in [0.1, 0.15) is 17.1 Å². The average molecular weight is 509 g/mol. The maximum atomic E-state index is 13.3. The average Bonchev–Trinajstić information content (AvgIpc) is 3.32. The van der Waals surface area contributed by atoms with E-state index >= 15 is 0 Å². The van der Waals surface area contributed by atoms with Gasteiger partial charge in [-0.3, -0.25) is 9.78 Å². The number of hydrogen-bond acceptors (Lipinski definition) is 4. The monoisotopic (exact) mass is 508 g/mol. The van der Waals surface area contributed by atoms with Crippen LogP contribution in [0.2, 0.25) is 10.0 Å². The number of ether oxygens (including phenoxy) is 1. The Morgan fingerprint density at radius 1 is 1.06 bits per heavy atom. The first-order valence-corrected chi connectivity index (χ1v) is 12.5. The smallest absolute Gasteiger partial charge is 0.257 e. The van der Waals surface area contributed by atoms with Crippen LogP contribution >= 0.6 is 23.2 Å². The number of hydrogen-bond donors (Lipinski definition) is 2. The number of H-pyrrole nitrogens is 1. The van der Waals surface area contributed by atoms with Crippen LogP contribution in [0.15, 0.2) is 54.9 Å². The zero-order chi connectivity index (χ0) is 24.4. The largest absolute Gasteiger partial charge is 0.494 e. The number of nitrogens with one attached hydrogen (secondary N) is 2. The first-order chi connectivity index (χ1) is 17.1. The van der Waals surface area contributed by atoms with E-state index in [0.29, 0.717) is 34.0 Å². The van der Waals surface area contributed by atoms with Gasteiger partial charge in [-0.25, -0.2) is 4.98 Å². The van der Waals surface area contributed by atoms with Crippen molar-refractivity contribution in [3.8, 4) is 5.75 Å². The maximum Gasteiger partial charge on any atom is 0.257 e. The van der Waals surface area contributed by atoms with E-state index in [1.165, 1.54) is 37.2 Å². The highest BCUT2D eigenvalue weighted by Gasteiger charge is 2.30. The van der Waals surface area contributed by atoms with Crippen molar-refractivity contribution in [3.05, 3.63) is 81.9 Å². The number of carbonyl (C=O) groups excluding carboxylic acids is 1. The van der Waals surface area contributed by atoms with Gasteiger partial charge in [-0.05, 0) is 36.5 Å². The molecule has 2 aromatic carbocycles. The van der Waals surface area contributed by atoms with E-state index < -0.39 is 0 Å². The van der Waals surface area contributed by atoms with Crippen LogP contribution in [-0.4, -0.2) is 28.0 Å². The standard InChI is InChI=1S/C27H26Cl2N4O2/c1-35-21-13-12-18(27(34)33-24-19(28)14-30-15-20(24)29)23-25(21)32-26(31-23)22(16-8-4-2-5-9-16)17-10-6-3-7-11-17/h2,4-5,8-9,12-15,17,22H,3,6-7,10-11H2,1H3,(H,31,32)(H,30,33,34)/t22-/m0/s1. The molecule has 35 heavy (non-hydrogen) atoms. The Morgan fingerprint density at radius 3 is 2.46 bits per heavy atom. The zero-order valence-electron chi connectivity index (χ0n) is 19.4.